The number of hydrogen-bond acceptors (Lipinski definition) is 6. The summed E-state index contributed by atoms with van der Waals surface area (Å²) in [6.07, 6.45) is 7.85. The molecule has 2 amide bonds. The van der Waals surface area contributed by atoms with Crippen LogP contribution < -0.4 is 15.8 Å². The first-order valence-electron chi connectivity index (χ1n) is 13.8. The lowest BCUT2D eigenvalue weighted by molar-refractivity contribution is -0.137. The molecule has 1 spiro atoms. The van der Waals surface area contributed by atoms with Crippen molar-refractivity contribution >= 4 is 39.3 Å². The summed E-state index contributed by atoms with van der Waals surface area (Å²) < 4.78 is 11.8. The normalized spacial score (nSPS) is 19.4. The number of hydrogen-bond donors (Lipinski definition) is 2. The van der Waals surface area contributed by atoms with E-state index in [2.05, 4.69) is 4.98 Å². The standard InChI is InChI=1S/C31H30N6O3S/c32-31(10-11-31)29(39)36-15-12-30(13-16-36)24-9-14-34-18-26(24)37(28(30)38)19-25-27(20-5-7-22(8-6-20)41(33)40)23-4-2-1-3-21(23)17-35-25/h1-9,14,17-18H,10-13,15-16,19,32-33H2. The van der Waals surface area contributed by atoms with Gasteiger partial charge in [-0.15, -0.1) is 0 Å². The van der Waals surface area contributed by atoms with E-state index in [1.807, 2.05) is 53.6 Å². The van der Waals surface area contributed by atoms with Crippen molar-refractivity contribution in [1.82, 2.24) is 14.9 Å². The van der Waals surface area contributed by atoms with Crippen molar-refractivity contribution in [2.24, 2.45) is 10.9 Å². The van der Waals surface area contributed by atoms with E-state index in [4.69, 9.17) is 15.9 Å². The number of benzene rings is 2. The molecule has 2 aromatic heterocycles. The number of aromatic nitrogens is 2. The summed E-state index contributed by atoms with van der Waals surface area (Å²) in [5.41, 5.74) is 9.06. The van der Waals surface area contributed by atoms with Crippen LogP contribution in [0.5, 0.6) is 0 Å². The third-order valence-electron chi connectivity index (χ3n) is 8.94. The van der Waals surface area contributed by atoms with E-state index in [1.54, 1.807) is 29.4 Å². The third kappa shape index (κ3) is 4.16. The summed E-state index contributed by atoms with van der Waals surface area (Å²) in [5.74, 6) is 0.00960. The van der Waals surface area contributed by atoms with Crippen LogP contribution in [0.2, 0.25) is 0 Å². The van der Waals surface area contributed by atoms with Crippen molar-refractivity contribution in [3.8, 4) is 11.1 Å². The maximum atomic E-state index is 14.4. The summed E-state index contributed by atoms with van der Waals surface area (Å²) in [4.78, 5) is 40.7. The van der Waals surface area contributed by atoms with E-state index in [1.165, 1.54) is 0 Å². The number of nitrogens with two attached hydrogens (primary N) is 2. The Hall–Kier alpha value is -3.99. The summed E-state index contributed by atoms with van der Waals surface area (Å²) in [6.45, 7) is 1.25. The first-order valence-corrected chi connectivity index (χ1v) is 15.0. The van der Waals surface area contributed by atoms with Gasteiger partial charge in [0.2, 0.25) is 11.8 Å². The largest absolute Gasteiger partial charge is 0.341 e. The first kappa shape index (κ1) is 25.9. The van der Waals surface area contributed by atoms with Crippen LogP contribution in [0.4, 0.5) is 5.69 Å². The van der Waals surface area contributed by atoms with Crippen molar-refractivity contribution in [3.63, 3.8) is 0 Å². The van der Waals surface area contributed by atoms with Gasteiger partial charge in [0.05, 0.1) is 40.0 Å². The number of rotatable bonds is 5. The zero-order valence-corrected chi connectivity index (χ0v) is 23.3. The van der Waals surface area contributed by atoms with Crippen LogP contribution in [-0.2, 0) is 32.5 Å². The van der Waals surface area contributed by atoms with Gasteiger partial charge >= 0.3 is 0 Å². The highest BCUT2D eigenvalue weighted by molar-refractivity contribution is 7.82. The van der Waals surface area contributed by atoms with Crippen LogP contribution in [-0.4, -0.2) is 49.5 Å². The quantitative estimate of drug-likeness (QED) is 0.381. The number of anilines is 1. The molecule has 3 aliphatic rings. The number of likely N-dealkylation sites (tertiary alicyclic amines) is 1. The second-order valence-electron chi connectivity index (χ2n) is 11.3. The van der Waals surface area contributed by atoms with Gasteiger partial charge in [0, 0.05) is 36.4 Å². The Morgan fingerprint density at radius 1 is 0.976 bits per heavy atom. The van der Waals surface area contributed by atoms with Gasteiger partial charge in [-0.25, -0.2) is 9.35 Å². The van der Waals surface area contributed by atoms with Crippen LogP contribution in [0.15, 0.2) is 78.1 Å². The van der Waals surface area contributed by atoms with Crippen LogP contribution >= 0.6 is 0 Å². The lowest BCUT2D eigenvalue weighted by Gasteiger charge is -2.39. The van der Waals surface area contributed by atoms with E-state index in [0.29, 0.717) is 30.8 Å². The van der Waals surface area contributed by atoms with Crippen LogP contribution in [0.25, 0.3) is 21.9 Å². The van der Waals surface area contributed by atoms with Crippen molar-refractivity contribution < 1.29 is 13.8 Å². The van der Waals surface area contributed by atoms with Gasteiger partial charge in [-0.1, -0.05) is 36.4 Å². The van der Waals surface area contributed by atoms with Gasteiger partial charge in [-0.3, -0.25) is 19.6 Å². The van der Waals surface area contributed by atoms with Crippen LogP contribution in [0.1, 0.15) is 36.9 Å². The van der Waals surface area contributed by atoms with E-state index >= 15 is 0 Å². The fourth-order valence-corrected chi connectivity index (χ4v) is 6.84. The first-order chi connectivity index (χ1) is 19.8. The minimum atomic E-state index is -1.58. The molecule has 2 aromatic carbocycles. The van der Waals surface area contributed by atoms with Gasteiger partial charge in [-0.05, 0) is 60.4 Å². The molecular weight excluding hydrogens is 536 g/mol. The molecule has 1 saturated heterocycles. The molecule has 4 N–H and O–H groups in total. The smallest absolute Gasteiger partial charge is 0.242 e. The molecule has 2 aliphatic heterocycles. The molecule has 41 heavy (non-hydrogen) atoms. The van der Waals surface area contributed by atoms with Gasteiger partial charge < -0.3 is 15.5 Å². The Bertz CT molecular complexity index is 1730. The minimum absolute atomic E-state index is 0.000836. The predicted molar refractivity (Wildman–Crippen MR) is 157 cm³/mol. The van der Waals surface area contributed by atoms with Crippen LogP contribution in [0, 0.1) is 0 Å². The summed E-state index contributed by atoms with van der Waals surface area (Å²) in [7, 11) is -1.58. The van der Waals surface area contributed by atoms with Gasteiger partial charge in [0.25, 0.3) is 0 Å². The average molecular weight is 567 g/mol. The molecule has 10 heteroatoms. The molecular formula is C31H30N6O3S. The Kier molecular flexibility index (Phi) is 6.04. The topological polar surface area (TPSA) is 136 Å². The maximum absolute atomic E-state index is 14.4. The lowest BCUT2D eigenvalue weighted by Crippen LogP contribution is -2.54. The number of carbonyl (C=O) groups excluding carboxylic acids is 2. The lowest BCUT2D eigenvalue weighted by atomic mass is 9.74. The maximum Gasteiger partial charge on any atom is 0.242 e. The fourth-order valence-electron chi connectivity index (χ4n) is 6.44. The highest BCUT2D eigenvalue weighted by Crippen LogP contribution is 2.49. The minimum Gasteiger partial charge on any atom is -0.341 e. The van der Waals surface area contributed by atoms with Crippen molar-refractivity contribution in [3.05, 3.63) is 84.4 Å². The molecule has 1 unspecified atom stereocenters. The number of pyridine rings is 2. The van der Waals surface area contributed by atoms with E-state index < -0.39 is 21.9 Å². The molecule has 9 nitrogen and oxygen atoms in total. The second-order valence-corrected chi connectivity index (χ2v) is 12.4. The molecule has 0 bridgehead atoms. The zero-order valence-electron chi connectivity index (χ0n) is 22.5. The van der Waals surface area contributed by atoms with Gasteiger partial charge in [0.15, 0.2) is 0 Å². The third-order valence-corrected chi connectivity index (χ3v) is 9.68. The monoisotopic (exact) mass is 566 g/mol. The summed E-state index contributed by atoms with van der Waals surface area (Å²) in [5, 5.41) is 7.58. The molecule has 1 atom stereocenters. The van der Waals surface area contributed by atoms with Gasteiger partial charge in [-0.2, -0.15) is 0 Å². The molecule has 2 fully saturated rings. The Morgan fingerprint density at radius 3 is 2.41 bits per heavy atom. The highest BCUT2D eigenvalue weighted by Gasteiger charge is 2.55. The number of carbonyl (C=O) groups is 2. The SMILES string of the molecule is NS(=O)c1ccc(-c2c(CN3C(=O)C4(CCN(C(=O)C5(N)CC5)CC4)c4ccncc43)ncc3ccccc23)cc1. The molecule has 1 aliphatic carbocycles. The fraction of sp³-hybridized carbons (Fsp3) is 0.290. The van der Waals surface area contributed by atoms with Crippen molar-refractivity contribution in [2.75, 3.05) is 18.0 Å². The van der Waals surface area contributed by atoms with E-state index in [-0.39, 0.29) is 18.4 Å². The highest BCUT2D eigenvalue weighted by atomic mass is 32.2. The van der Waals surface area contributed by atoms with Crippen molar-refractivity contribution in [1.29, 1.82) is 0 Å². The summed E-state index contributed by atoms with van der Waals surface area (Å²) >= 11 is 0. The predicted octanol–water partition coefficient (Wildman–Crippen LogP) is 3.18. The molecule has 4 aromatic rings. The molecule has 208 valence electrons. The Balaban J connectivity index is 1.26. The molecule has 7 rings (SSSR count). The molecule has 1 saturated carbocycles. The number of nitrogens with zero attached hydrogens (tertiary/aromatic N) is 4. The second kappa shape index (κ2) is 9.54. The average Bonchev–Trinajstić information content (AvgIpc) is 3.72. The van der Waals surface area contributed by atoms with Crippen LogP contribution in [0.3, 0.4) is 0 Å². The molecule has 0 radical (unpaired) electrons. The number of fused-ring (bicyclic) bond motifs is 3. The van der Waals surface area contributed by atoms with E-state index in [0.717, 1.165) is 51.7 Å². The summed E-state index contributed by atoms with van der Waals surface area (Å²) in [6, 6.07) is 17.3. The van der Waals surface area contributed by atoms with E-state index in [9.17, 15) is 13.8 Å². The number of piperidine rings is 1. The Morgan fingerprint density at radius 2 is 1.71 bits per heavy atom. The zero-order chi connectivity index (χ0) is 28.4. The number of amides is 2. The molecule has 4 heterocycles. The Labute approximate surface area is 240 Å². The van der Waals surface area contributed by atoms with Gasteiger partial charge in [0.1, 0.15) is 11.0 Å². The van der Waals surface area contributed by atoms with Crippen molar-refractivity contribution in [2.45, 2.75) is 48.1 Å².